The summed E-state index contributed by atoms with van der Waals surface area (Å²) in [6.07, 6.45) is 0. The molecule has 54 heavy (non-hydrogen) atoms. The Morgan fingerprint density at radius 2 is 0.648 bits per heavy atom. The molecular formula is C46H28N2O6. The zero-order valence-corrected chi connectivity index (χ0v) is 28.5. The predicted octanol–water partition coefficient (Wildman–Crippen LogP) is 8.81. The van der Waals surface area contributed by atoms with E-state index in [1.807, 2.05) is 109 Å². The van der Waals surface area contributed by atoms with Gasteiger partial charge >= 0.3 is 0 Å². The Morgan fingerprint density at radius 3 is 1.00 bits per heavy atom. The topological polar surface area (TPSA) is 96.6 Å². The minimum atomic E-state index is -0.586. The van der Waals surface area contributed by atoms with Crippen molar-refractivity contribution in [2.24, 2.45) is 0 Å². The number of benzene rings is 7. The maximum atomic E-state index is 13.7. The summed E-state index contributed by atoms with van der Waals surface area (Å²) in [5, 5.41) is 0.221. The molecule has 7 aromatic carbocycles. The van der Waals surface area contributed by atoms with Crippen LogP contribution in [0, 0.1) is 0 Å². The Hall–Kier alpha value is -7.58. The Morgan fingerprint density at radius 1 is 0.333 bits per heavy atom. The van der Waals surface area contributed by atoms with Crippen LogP contribution in [0.15, 0.2) is 189 Å². The number of nitrogens with zero attached hydrogens (tertiary/aromatic N) is 2. The average Bonchev–Trinajstić information content (AvgIpc) is 3.61. The molecule has 0 saturated heterocycles. The van der Waals surface area contributed by atoms with Crippen molar-refractivity contribution in [3.63, 3.8) is 0 Å². The zero-order chi connectivity index (χ0) is 36.8. The van der Waals surface area contributed by atoms with E-state index in [9.17, 15) is 19.2 Å². The lowest BCUT2D eigenvalue weighted by atomic mass is 10.1. The van der Waals surface area contributed by atoms with E-state index in [4.69, 9.17) is 9.47 Å². The summed E-state index contributed by atoms with van der Waals surface area (Å²) in [4.78, 5) is 54.7. The maximum absolute atomic E-state index is 13.7. The number of fused-ring (bicyclic) bond motifs is 2. The van der Waals surface area contributed by atoms with Crippen molar-refractivity contribution in [1.29, 1.82) is 0 Å². The highest BCUT2D eigenvalue weighted by atomic mass is 16.5. The number of hydrogen-bond donors (Lipinski definition) is 0. The van der Waals surface area contributed by atoms with Gasteiger partial charge in [-0.1, -0.05) is 97.1 Å². The number of rotatable bonds is 8. The SMILES string of the molecule is O=c1c2cc3c(=O)n(-c4ccc(Oc5ccccc5-c5ccccc5)cc4)c(=O)c3cc2c(=O)n1-c1ccc(Oc2ccccc2-c2ccccc2)cc1. The summed E-state index contributed by atoms with van der Waals surface area (Å²) in [6, 6.07) is 51.1. The van der Waals surface area contributed by atoms with E-state index in [0.717, 1.165) is 31.4 Å². The van der Waals surface area contributed by atoms with Crippen molar-refractivity contribution in [1.82, 2.24) is 9.13 Å². The van der Waals surface area contributed by atoms with Crippen LogP contribution in [-0.2, 0) is 0 Å². The van der Waals surface area contributed by atoms with Crippen molar-refractivity contribution in [3.05, 3.63) is 211 Å². The molecule has 0 spiro atoms. The van der Waals surface area contributed by atoms with Crippen molar-refractivity contribution >= 4 is 21.5 Å². The fourth-order valence-electron chi connectivity index (χ4n) is 6.85. The van der Waals surface area contributed by atoms with E-state index in [0.29, 0.717) is 34.4 Å². The maximum Gasteiger partial charge on any atom is 0.266 e. The summed E-state index contributed by atoms with van der Waals surface area (Å²) in [7, 11) is 0. The Kier molecular flexibility index (Phi) is 7.90. The summed E-state index contributed by atoms with van der Waals surface area (Å²) < 4.78 is 14.5. The molecule has 8 nitrogen and oxygen atoms in total. The summed E-state index contributed by atoms with van der Waals surface area (Å²) in [5.41, 5.74) is 2.17. The second-order valence-electron chi connectivity index (χ2n) is 12.8. The number of aromatic nitrogens is 2. The third-order valence-corrected chi connectivity index (χ3v) is 9.48. The molecule has 0 saturated carbocycles. The van der Waals surface area contributed by atoms with Gasteiger partial charge in [-0.15, -0.1) is 0 Å². The standard InChI is InChI=1S/C46H28N2O6/c49-43-37-27-39-40(46(52)48(45(39)51)32-21-25-34(26-22-32)54-42-18-10-8-16-36(42)30-13-5-2-6-14-30)28-38(37)44(50)47(43)31-19-23-33(24-20-31)53-41-17-9-7-15-35(41)29-11-3-1-4-12-29/h1-28H. The minimum absolute atomic E-state index is 0.0553. The number of ether oxygens (including phenoxy) is 2. The predicted molar refractivity (Wildman–Crippen MR) is 211 cm³/mol. The third kappa shape index (κ3) is 5.59. The van der Waals surface area contributed by atoms with Crippen LogP contribution in [-0.4, -0.2) is 9.13 Å². The molecule has 258 valence electrons. The van der Waals surface area contributed by atoms with Crippen molar-refractivity contribution in [2.75, 3.05) is 0 Å². The van der Waals surface area contributed by atoms with E-state index >= 15 is 0 Å². The Balaban J connectivity index is 1.01. The van der Waals surface area contributed by atoms with Crippen molar-refractivity contribution in [3.8, 4) is 56.6 Å². The van der Waals surface area contributed by atoms with Gasteiger partial charge in [-0.25, -0.2) is 9.13 Å². The van der Waals surface area contributed by atoms with Crippen molar-refractivity contribution < 1.29 is 9.47 Å². The molecule has 0 N–H and O–H groups in total. The molecule has 0 unspecified atom stereocenters. The van der Waals surface area contributed by atoms with E-state index in [1.165, 1.54) is 12.1 Å². The molecule has 0 fully saturated rings. The van der Waals surface area contributed by atoms with Crippen LogP contribution < -0.4 is 31.7 Å². The van der Waals surface area contributed by atoms with Gasteiger partial charge < -0.3 is 9.47 Å². The van der Waals surface area contributed by atoms with Gasteiger partial charge in [-0.05, 0) is 83.9 Å². The first-order valence-electron chi connectivity index (χ1n) is 17.2. The molecule has 0 atom stereocenters. The smallest absolute Gasteiger partial charge is 0.266 e. The van der Waals surface area contributed by atoms with E-state index in [-0.39, 0.29) is 21.5 Å². The molecule has 0 amide bonds. The van der Waals surface area contributed by atoms with Gasteiger partial charge in [0.15, 0.2) is 0 Å². The van der Waals surface area contributed by atoms with Crippen LogP contribution in [0.25, 0.3) is 55.2 Å². The molecule has 0 aliphatic rings. The molecular weight excluding hydrogens is 677 g/mol. The van der Waals surface area contributed by atoms with Crippen LogP contribution in [0.3, 0.4) is 0 Å². The molecule has 9 rings (SSSR count). The normalized spacial score (nSPS) is 11.3. The lowest BCUT2D eigenvalue weighted by Crippen LogP contribution is -2.24. The van der Waals surface area contributed by atoms with E-state index in [1.54, 1.807) is 48.5 Å². The molecule has 8 heteroatoms. The molecule has 0 aliphatic carbocycles. The van der Waals surface area contributed by atoms with Gasteiger partial charge in [0.05, 0.1) is 32.9 Å². The molecule has 0 aliphatic heterocycles. The van der Waals surface area contributed by atoms with Gasteiger partial charge in [0.1, 0.15) is 23.0 Å². The Bertz CT molecular complexity index is 2760. The molecule has 2 aromatic heterocycles. The van der Waals surface area contributed by atoms with Gasteiger partial charge in [-0.3, -0.25) is 19.2 Å². The van der Waals surface area contributed by atoms with Crippen LogP contribution in [0.2, 0.25) is 0 Å². The van der Waals surface area contributed by atoms with E-state index in [2.05, 4.69) is 0 Å². The largest absolute Gasteiger partial charge is 0.457 e. The highest BCUT2D eigenvalue weighted by Crippen LogP contribution is 2.35. The fourth-order valence-corrected chi connectivity index (χ4v) is 6.85. The summed E-state index contributed by atoms with van der Waals surface area (Å²) in [5.74, 6) is 2.35. The fraction of sp³-hybridized carbons (Fsp3) is 0. The van der Waals surface area contributed by atoms with Gasteiger partial charge in [0.25, 0.3) is 22.2 Å². The Labute approximate surface area is 307 Å². The van der Waals surface area contributed by atoms with Crippen LogP contribution in [0.5, 0.6) is 23.0 Å². The zero-order valence-electron chi connectivity index (χ0n) is 28.5. The van der Waals surface area contributed by atoms with Gasteiger partial charge in [-0.2, -0.15) is 0 Å². The molecule has 2 heterocycles. The number of para-hydroxylation sites is 2. The van der Waals surface area contributed by atoms with Gasteiger partial charge in [0, 0.05) is 11.1 Å². The van der Waals surface area contributed by atoms with E-state index < -0.39 is 22.2 Å². The quantitative estimate of drug-likeness (QED) is 0.157. The first kappa shape index (κ1) is 32.3. The summed E-state index contributed by atoms with van der Waals surface area (Å²) >= 11 is 0. The summed E-state index contributed by atoms with van der Waals surface area (Å²) in [6.45, 7) is 0. The van der Waals surface area contributed by atoms with Crippen molar-refractivity contribution in [2.45, 2.75) is 0 Å². The van der Waals surface area contributed by atoms with Crippen LogP contribution in [0.1, 0.15) is 0 Å². The van der Waals surface area contributed by atoms with Gasteiger partial charge in [0.2, 0.25) is 0 Å². The van der Waals surface area contributed by atoms with Crippen LogP contribution in [0.4, 0.5) is 0 Å². The second kappa shape index (κ2) is 13.2. The molecule has 0 radical (unpaired) electrons. The third-order valence-electron chi connectivity index (χ3n) is 9.48. The molecule has 9 aromatic rings. The highest BCUT2D eigenvalue weighted by molar-refractivity contribution is 5.98. The molecule has 0 bridgehead atoms. The van der Waals surface area contributed by atoms with Crippen LogP contribution >= 0.6 is 0 Å². The average molecular weight is 705 g/mol. The monoisotopic (exact) mass is 704 g/mol. The minimum Gasteiger partial charge on any atom is -0.457 e. The second-order valence-corrected chi connectivity index (χ2v) is 12.8. The lowest BCUT2D eigenvalue weighted by molar-refractivity contribution is 0.484. The number of hydrogen-bond acceptors (Lipinski definition) is 6. The first-order chi connectivity index (χ1) is 26.4. The first-order valence-corrected chi connectivity index (χ1v) is 17.2. The lowest BCUT2D eigenvalue weighted by Gasteiger charge is -2.12. The highest BCUT2D eigenvalue weighted by Gasteiger charge is 2.21.